The number of aryl methyl sites for hydroxylation is 1. The van der Waals surface area contributed by atoms with E-state index < -0.39 is 12.0 Å². The zero-order chi connectivity index (χ0) is 28.0. The second-order valence-electron chi connectivity index (χ2n) is 10.8. The predicted octanol–water partition coefficient (Wildman–Crippen LogP) is 7.73. The van der Waals surface area contributed by atoms with E-state index in [0.29, 0.717) is 18.6 Å². The van der Waals surface area contributed by atoms with E-state index in [-0.39, 0.29) is 12.0 Å². The molecule has 5 nitrogen and oxygen atoms in total. The summed E-state index contributed by atoms with van der Waals surface area (Å²) in [5.74, 6) is 0.843. The number of esters is 1. The zero-order valence-corrected chi connectivity index (χ0v) is 25.1. The lowest BCUT2D eigenvalue weighted by Crippen LogP contribution is -2.42. The van der Waals surface area contributed by atoms with Crippen LogP contribution in [0.5, 0.6) is 0 Å². The Morgan fingerprint density at radius 3 is 2.51 bits per heavy atom. The third-order valence-corrected chi connectivity index (χ3v) is 8.50. The maximum absolute atomic E-state index is 13.5. The highest BCUT2D eigenvalue weighted by atomic mass is 32.2. The van der Waals surface area contributed by atoms with Gasteiger partial charge >= 0.3 is 5.97 Å². The number of nitrogens with one attached hydrogen (secondary N) is 1. The molecule has 6 heteroatoms. The maximum atomic E-state index is 13.5. The fraction of sp³-hybridized carbons (Fsp3) is 0.576. The molecule has 0 aromatic heterocycles. The van der Waals surface area contributed by atoms with Crippen molar-refractivity contribution in [3.8, 4) is 11.1 Å². The monoisotopic (exact) mass is 553 g/mol. The highest BCUT2D eigenvalue weighted by Gasteiger charge is 2.24. The summed E-state index contributed by atoms with van der Waals surface area (Å²) in [5.41, 5.74) is 4.57. The Morgan fingerprint density at radius 2 is 1.82 bits per heavy atom. The minimum Gasteiger partial charge on any atom is -0.467 e. The van der Waals surface area contributed by atoms with Crippen molar-refractivity contribution in [3.63, 3.8) is 0 Å². The van der Waals surface area contributed by atoms with Gasteiger partial charge in [-0.25, -0.2) is 4.79 Å². The average molecular weight is 554 g/mol. The van der Waals surface area contributed by atoms with Gasteiger partial charge in [-0.15, -0.1) is 0 Å². The molecule has 0 spiro atoms. The summed E-state index contributed by atoms with van der Waals surface area (Å²) in [7, 11) is 1.36. The van der Waals surface area contributed by atoms with Gasteiger partial charge in [-0.3, -0.25) is 4.79 Å². The van der Waals surface area contributed by atoms with Crippen LogP contribution in [0, 0.1) is 12.8 Å². The summed E-state index contributed by atoms with van der Waals surface area (Å²) in [6.45, 7) is 4.82. The normalized spacial score (nSPS) is 15.5. The standard InChI is InChI=1S/C33H47NO4S/c1-5-6-15-27(21-25-13-8-7-9-14-25)38-23-26-17-18-29(30(22-26)28-16-11-10-12-24(28)2)32(35)34-31(19-20-39-4)33(36)37-3/h10-12,16-18,22,25,27,31H,5-9,13-15,19-21,23H2,1-4H3,(H,34,35)/t27?,31-/m0/s1. The molecule has 2 aromatic carbocycles. The SMILES string of the molecule is CCCCC(CC1CCCCC1)OCc1ccc(C(=O)N[C@@H](CCSC)C(=O)OC)c(-c2ccccc2C)c1. The summed E-state index contributed by atoms with van der Waals surface area (Å²) < 4.78 is 11.5. The van der Waals surface area contributed by atoms with E-state index in [0.717, 1.165) is 46.8 Å². The predicted molar refractivity (Wildman–Crippen MR) is 162 cm³/mol. The number of methoxy groups -OCH3 is 1. The van der Waals surface area contributed by atoms with E-state index in [2.05, 4.69) is 31.3 Å². The smallest absolute Gasteiger partial charge is 0.328 e. The number of thioether (sulfide) groups is 1. The van der Waals surface area contributed by atoms with E-state index in [1.165, 1.54) is 52.1 Å². The van der Waals surface area contributed by atoms with Crippen LogP contribution in [0.3, 0.4) is 0 Å². The Hall–Kier alpha value is -2.31. The lowest BCUT2D eigenvalue weighted by atomic mass is 9.84. The van der Waals surface area contributed by atoms with E-state index >= 15 is 0 Å². The first kappa shape index (κ1) is 31.2. The molecule has 1 unspecified atom stereocenters. The van der Waals surface area contributed by atoms with Crippen LogP contribution in [0.1, 0.15) is 92.6 Å². The molecule has 0 radical (unpaired) electrons. The van der Waals surface area contributed by atoms with Crippen molar-refractivity contribution >= 4 is 23.6 Å². The Balaban J connectivity index is 1.83. The summed E-state index contributed by atoms with van der Waals surface area (Å²) in [5, 5.41) is 2.93. The quantitative estimate of drug-likeness (QED) is 0.229. The molecule has 2 aromatic rings. The van der Waals surface area contributed by atoms with Crippen LogP contribution in [0.15, 0.2) is 42.5 Å². The highest BCUT2D eigenvalue weighted by molar-refractivity contribution is 7.98. The van der Waals surface area contributed by atoms with Gasteiger partial charge in [-0.05, 0) is 78.5 Å². The molecule has 1 amide bonds. The highest BCUT2D eigenvalue weighted by Crippen LogP contribution is 2.31. The van der Waals surface area contributed by atoms with E-state index in [1.807, 2.05) is 36.6 Å². The van der Waals surface area contributed by atoms with Crippen molar-refractivity contribution in [3.05, 3.63) is 59.2 Å². The molecule has 39 heavy (non-hydrogen) atoms. The number of hydrogen-bond acceptors (Lipinski definition) is 5. The largest absolute Gasteiger partial charge is 0.467 e. The molecule has 1 fully saturated rings. The number of unbranched alkanes of at least 4 members (excludes halogenated alkanes) is 1. The van der Waals surface area contributed by atoms with Gasteiger partial charge in [-0.1, -0.05) is 82.2 Å². The van der Waals surface area contributed by atoms with E-state index in [1.54, 1.807) is 11.8 Å². The topological polar surface area (TPSA) is 64.6 Å². The number of carbonyl (C=O) groups excluding carboxylic acids is 2. The molecule has 1 aliphatic rings. The fourth-order valence-corrected chi connectivity index (χ4v) is 6.02. The fourth-order valence-electron chi connectivity index (χ4n) is 5.55. The minimum absolute atomic E-state index is 0.268. The van der Waals surface area contributed by atoms with Gasteiger partial charge in [0.05, 0.1) is 19.8 Å². The molecule has 0 aliphatic heterocycles. The van der Waals surface area contributed by atoms with Crippen LogP contribution in [0.25, 0.3) is 11.1 Å². The lowest BCUT2D eigenvalue weighted by molar-refractivity contribution is -0.142. The van der Waals surface area contributed by atoms with Gasteiger partial charge in [-0.2, -0.15) is 11.8 Å². The van der Waals surface area contributed by atoms with Crippen LogP contribution in [-0.4, -0.2) is 43.1 Å². The van der Waals surface area contributed by atoms with E-state index in [9.17, 15) is 9.59 Å². The molecule has 1 saturated carbocycles. The van der Waals surface area contributed by atoms with Crippen molar-refractivity contribution in [2.45, 2.75) is 96.8 Å². The van der Waals surface area contributed by atoms with Gasteiger partial charge < -0.3 is 14.8 Å². The van der Waals surface area contributed by atoms with Gasteiger partial charge in [0, 0.05) is 5.56 Å². The molecule has 1 N–H and O–H groups in total. The maximum Gasteiger partial charge on any atom is 0.328 e. The molecule has 1 aliphatic carbocycles. The number of benzene rings is 2. The number of ether oxygens (including phenoxy) is 2. The number of hydrogen-bond donors (Lipinski definition) is 1. The molecule has 2 atom stereocenters. The number of carbonyl (C=O) groups is 2. The van der Waals surface area contributed by atoms with Crippen molar-refractivity contribution in [2.75, 3.05) is 19.1 Å². The first-order chi connectivity index (χ1) is 19.0. The van der Waals surface area contributed by atoms with Gasteiger partial charge in [0.1, 0.15) is 6.04 Å². The van der Waals surface area contributed by atoms with E-state index in [4.69, 9.17) is 9.47 Å². The molecule has 3 rings (SSSR count). The zero-order valence-electron chi connectivity index (χ0n) is 24.3. The van der Waals surface area contributed by atoms with Crippen molar-refractivity contribution in [1.29, 1.82) is 0 Å². The number of amides is 1. The minimum atomic E-state index is -0.679. The molecular weight excluding hydrogens is 506 g/mol. The average Bonchev–Trinajstić information content (AvgIpc) is 2.96. The van der Waals surface area contributed by atoms with Crippen molar-refractivity contribution < 1.29 is 19.1 Å². The molecule has 0 heterocycles. The lowest BCUT2D eigenvalue weighted by Gasteiger charge is -2.27. The van der Waals surface area contributed by atoms with Crippen LogP contribution in [0.2, 0.25) is 0 Å². The number of rotatable bonds is 15. The van der Waals surface area contributed by atoms with Crippen molar-refractivity contribution in [2.24, 2.45) is 5.92 Å². The van der Waals surface area contributed by atoms with Crippen LogP contribution in [-0.2, 0) is 20.9 Å². The Labute approximate surface area is 239 Å². The van der Waals surface area contributed by atoms with Gasteiger partial charge in [0.15, 0.2) is 0 Å². The van der Waals surface area contributed by atoms with Crippen molar-refractivity contribution in [1.82, 2.24) is 5.32 Å². The second kappa shape index (κ2) is 16.7. The first-order valence-electron chi connectivity index (χ1n) is 14.6. The van der Waals surface area contributed by atoms with Gasteiger partial charge in [0.2, 0.25) is 0 Å². The summed E-state index contributed by atoms with van der Waals surface area (Å²) in [6, 6.07) is 13.4. The third-order valence-electron chi connectivity index (χ3n) is 7.85. The second-order valence-corrected chi connectivity index (χ2v) is 11.8. The van der Waals surface area contributed by atoms with Crippen LogP contribution in [0.4, 0.5) is 0 Å². The summed E-state index contributed by atoms with van der Waals surface area (Å²) in [6.07, 6.45) is 14.1. The Bertz CT molecular complexity index is 1050. The summed E-state index contributed by atoms with van der Waals surface area (Å²) in [4.78, 5) is 25.9. The van der Waals surface area contributed by atoms with Crippen LogP contribution < -0.4 is 5.32 Å². The molecule has 0 bridgehead atoms. The third kappa shape index (κ3) is 9.68. The Kier molecular flexibility index (Phi) is 13.4. The van der Waals surface area contributed by atoms with Crippen LogP contribution >= 0.6 is 11.8 Å². The molecular formula is C33H47NO4S. The first-order valence-corrected chi connectivity index (χ1v) is 16.0. The van der Waals surface area contributed by atoms with Gasteiger partial charge in [0.25, 0.3) is 5.91 Å². The Morgan fingerprint density at radius 1 is 1.05 bits per heavy atom. The molecule has 0 saturated heterocycles. The molecule has 214 valence electrons. The summed E-state index contributed by atoms with van der Waals surface area (Å²) >= 11 is 1.63.